The largest absolute Gasteiger partial charge is 0.337 e. The van der Waals surface area contributed by atoms with Crippen molar-refractivity contribution in [3.8, 4) is 0 Å². The van der Waals surface area contributed by atoms with Crippen LogP contribution in [0.2, 0.25) is 0 Å². The predicted octanol–water partition coefficient (Wildman–Crippen LogP) is 2.72. The van der Waals surface area contributed by atoms with Crippen molar-refractivity contribution in [2.45, 2.75) is 44.3 Å². The van der Waals surface area contributed by atoms with Crippen molar-refractivity contribution in [3.05, 3.63) is 53.9 Å². The van der Waals surface area contributed by atoms with Crippen molar-refractivity contribution in [2.75, 3.05) is 13.1 Å². The highest BCUT2D eigenvalue weighted by molar-refractivity contribution is 5.79. The Balaban J connectivity index is 1.44. The zero-order valence-corrected chi connectivity index (χ0v) is 15.2. The van der Waals surface area contributed by atoms with Crippen LogP contribution in [0.15, 0.2) is 36.7 Å². The summed E-state index contributed by atoms with van der Waals surface area (Å²) in [4.78, 5) is 21.4. The van der Waals surface area contributed by atoms with Crippen molar-refractivity contribution in [1.29, 1.82) is 0 Å². The number of carbonyl (C=O) groups is 1. The molecule has 1 amide bonds. The fourth-order valence-electron chi connectivity index (χ4n) is 4.34. The second-order valence-electron chi connectivity index (χ2n) is 7.56. The van der Waals surface area contributed by atoms with Crippen molar-refractivity contribution >= 4 is 5.91 Å². The average Bonchev–Trinajstić information content (AvgIpc) is 3.16. The van der Waals surface area contributed by atoms with Gasteiger partial charge in [-0.1, -0.05) is 12.1 Å². The molecule has 138 valence electrons. The third kappa shape index (κ3) is 3.26. The van der Waals surface area contributed by atoms with Crippen LogP contribution < -0.4 is 0 Å². The first kappa shape index (κ1) is 17.2. The Morgan fingerprint density at radius 2 is 2.00 bits per heavy atom. The normalized spacial score (nSPS) is 20.2. The molecule has 2 aromatic rings. The standard InChI is InChI=1S/C20H25FN4O/c1-23-12-9-22-18(23)15-24-10-7-20(8-11-24)6-5-19(26)25(20)14-16-3-2-4-17(21)13-16/h2-4,9,12-13H,5-8,10-11,14-15H2,1H3. The maximum atomic E-state index is 13.5. The summed E-state index contributed by atoms with van der Waals surface area (Å²) in [6.07, 6.45) is 7.26. The molecule has 3 heterocycles. The van der Waals surface area contributed by atoms with E-state index in [0.29, 0.717) is 13.0 Å². The summed E-state index contributed by atoms with van der Waals surface area (Å²) in [7, 11) is 2.02. The predicted molar refractivity (Wildman–Crippen MR) is 96.6 cm³/mol. The number of rotatable bonds is 4. The summed E-state index contributed by atoms with van der Waals surface area (Å²) in [5.74, 6) is 1.03. The minimum Gasteiger partial charge on any atom is -0.337 e. The minimum atomic E-state index is -0.243. The van der Waals surface area contributed by atoms with Crippen LogP contribution in [0.25, 0.3) is 0 Å². The number of carbonyl (C=O) groups excluding carboxylic acids is 1. The number of hydrogen-bond acceptors (Lipinski definition) is 3. The van der Waals surface area contributed by atoms with Crippen LogP contribution in [0.1, 0.15) is 37.1 Å². The first-order valence-electron chi connectivity index (χ1n) is 9.29. The van der Waals surface area contributed by atoms with Crippen LogP contribution in [-0.2, 0) is 24.9 Å². The third-order valence-electron chi connectivity index (χ3n) is 5.98. The molecule has 2 saturated heterocycles. The zero-order chi connectivity index (χ0) is 18.1. The van der Waals surface area contributed by atoms with Gasteiger partial charge in [0.1, 0.15) is 11.6 Å². The van der Waals surface area contributed by atoms with E-state index in [1.54, 1.807) is 6.07 Å². The van der Waals surface area contributed by atoms with E-state index in [1.165, 1.54) is 12.1 Å². The fraction of sp³-hybridized carbons (Fsp3) is 0.500. The van der Waals surface area contributed by atoms with Crippen LogP contribution in [0.5, 0.6) is 0 Å². The van der Waals surface area contributed by atoms with E-state index < -0.39 is 0 Å². The molecule has 1 aromatic heterocycles. The molecule has 2 aliphatic heterocycles. The van der Waals surface area contributed by atoms with Gasteiger partial charge in [0.15, 0.2) is 0 Å². The van der Waals surface area contributed by atoms with E-state index in [0.717, 1.165) is 50.3 Å². The van der Waals surface area contributed by atoms with Gasteiger partial charge in [-0.05, 0) is 37.0 Å². The molecule has 0 radical (unpaired) electrons. The fourth-order valence-corrected chi connectivity index (χ4v) is 4.34. The molecular formula is C20H25FN4O. The summed E-state index contributed by atoms with van der Waals surface area (Å²) in [5, 5.41) is 0. The minimum absolute atomic E-state index is 0.0679. The number of hydrogen-bond donors (Lipinski definition) is 0. The summed E-state index contributed by atoms with van der Waals surface area (Å²) in [5.41, 5.74) is 0.803. The van der Waals surface area contributed by atoms with Crippen LogP contribution in [0.4, 0.5) is 4.39 Å². The van der Waals surface area contributed by atoms with Gasteiger partial charge in [0, 0.05) is 51.0 Å². The van der Waals surface area contributed by atoms with Gasteiger partial charge in [0.05, 0.1) is 6.54 Å². The Morgan fingerprint density at radius 1 is 1.19 bits per heavy atom. The second kappa shape index (κ2) is 6.83. The molecular weight excluding hydrogens is 331 g/mol. The molecule has 26 heavy (non-hydrogen) atoms. The number of piperidine rings is 1. The number of imidazole rings is 1. The molecule has 1 aromatic carbocycles. The molecule has 0 bridgehead atoms. The molecule has 2 aliphatic rings. The van der Waals surface area contributed by atoms with Gasteiger partial charge in [-0.3, -0.25) is 9.69 Å². The monoisotopic (exact) mass is 356 g/mol. The topological polar surface area (TPSA) is 41.4 Å². The summed E-state index contributed by atoms with van der Waals surface area (Å²) in [6.45, 7) is 3.27. The van der Waals surface area contributed by atoms with E-state index in [9.17, 15) is 9.18 Å². The number of aryl methyl sites for hydroxylation is 1. The maximum absolute atomic E-state index is 13.5. The molecule has 6 heteroatoms. The Labute approximate surface area is 153 Å². The maximum Gasteiger partial charge on any atom is 0.223 e. The lowest BCUT2D eigenvalue weighted by Crippen LogP contribution is -2.52. The number of nitrogens with zero attached hydrogens (tertiary/aromatic N) is 4. The number of halogens is 1. The third-order valence-corrected chi connectivity index (χ3v) is 5.98. The second-order valence-corrected chi connectivity index (χ2v) is 7.56. The molecule has 2 fully saturated rings. The van der Waals surface area contributed by atoms with Gasteiger partial charge in [-0.2, -0.15) is 0 Å². The van der Waals surface area contributed by atoms with Crippen LogP contribution >= 0.6 is 0 Å². The molecule has 0 N–H and O–H groups in total. The van der Waals surface area contributed by atoms with E-state index >= 15 is 0 Å². The molecule has 0 atom stereocenters. The highest BCUT2D eigenvalue weighted by Gasteiger charge is 2.46. The molecule has 0 aliphatic carbocycles. The smallest absolute Gasteiger partial charge is 0.223 e. The van der Waals surface area contributed by atoms with E-state index in [1.807, 2.05) is 30.4 Å². The number of benzene rings is 1. The number of likely N-dealkylation sites (tertiary alicyclic amines) is 2. The van der Waals surface area contributed by atoms with Crippen molar-refractivity contribution in [2.24, 2.45) is 7.05 Å². The van der Waals surface area contributed by atoms with Gasteiger partial charge in [0.25, 0.3) is 0 Å². The van der Waals surface area contributed by atoms with Gasteiger partial charge in [-0.15, -0.1) is 0 Å². The van der Waals surface area contributed by atoms with Crippen LogP contribution in [-0.4, -0.2) is 43.9 Å². The highest BCUT2D eigenvalue weighted by Crippen LogP contribution is 2.40. The Hall–Kier alpha value is -2.21. The van der Waals surface area contributed by atoms with E-state index in [4.69, 9.17) is 0 Å². The first-order valence-corrected chi connectivity index (χ1v) is 9.29. The molecule has 5 nitrogen and oxygen atoms in total. The highest BCUT2D eigenvalue weighted by atomic mass is 19.1. The molecule has 0 saturated carbocycles. The first-order chi connectivity index (χ1) is 12.6. The quantitative estimate of drug-likeness (QED) is 0.846. The van der Waals surface area contributed by atoms with Gasteiger partial charge >= 0.3 is 0 Å². The van der Waals surface area contributed by atoms with Crippen LogP contribution in [0, 0.1) is 5.82 Å². The van der Waals surface area contributed by atoms with E-state index in [2.05, 4.69) is 14.5 Å². The number of amides is 1. The number of aromatic nitrogens is 2. The SMILES string of the molecule is Cn1ccnc1CN1CCC2(CCC(=O)N2Cc2cccc(F)c2)CC1. The van der Waals surface area contributed by atoms with Crippen LogP contribution in [0.3, 0.4) is 0 Å². The summed E-state index contributed by atoms with van der Waals surface area (Å²) in [6, 6.07) is 6.60. The van der Waals surface area contributed by atoms with Crippen molar-refractivity contribution < 1.29 is 9.18 Å². The summed E-state index contributed by atoms with van der Waals surface area (Å²) >= 11 is 0. The zero-order valence-electron chi connectivity index (χ0n) is 15.2. The summed E-state index contributed by atoms with van der Waals surface area (Å²) < 4.78 is 15.6. The lowest BCUT2D eigenvalue weighted by Gasteiger charge is -2.45. The molecule has 4 rings (SSSR count). The van der Waals surface area contributed by atoms with Gasteiger partial charge in [0.2, 0.25) is 5.91 Å². The molecule has 0 unspecified atom stereocenters. The molecule has 1 spiro atoms. The Morgan fingerprint density at radius 3 is 2.69 bits per heavy atom. The Bertz CT molecular complexity index is 795. The lowest BCUT2D eigenvalue weighted by molar-refractivity contribution is -0.133. The van der Waals surface area contributed by atoms with Crippen molar-refractivity contribution in [3.63, 3.8) is 0 Å². The lowest BCUT2D eigenvalue weighted by atomic mass is 9.84. The van der Waals surface area contributed by atoms with Crippen molar-refractivity contribution in [1.82, 2.24) is 19.4 Å². The van der Waals surface area contributed by atoms with E-state index in [-0.39, 0.29) is 17.3 Å². The Kier molecular flexibility index (Phi) is 4.53. The van der Waals surface area contributed by atoms with Gasteiger partial charge in [-0.25, -0.2) is 9.37 Å². The van der Waals surface area contributed by atoms with Gasteiger partial charge < -0.3 is 9.47 Å². The average molecular weight is 356 g/mol.